The van der Waals surface area contributed by atoms with E-state index in [0.717, 1.165) is 18.5 Å². The van der Waals surface area contributed by atoms with Gasteiger partial charge >= 0.3 is 0 Å². The van der Waals surface area contributed by atoms with Crippen molar-refractivity contribution in [2.24, 2.45) is 0 Å². The number of aromatic nitrogens is 1. The number of carbonyl (C=O) groups excluding carboxylic acids is 1. The molecule has 0 saturated carbocycles. The molecule has 1 atom stereocenters. The summed E-state index contributed by atoms with van der Waals surface area (Å²) in [6.45, 7) is 0.746. The minimum Gasteiger partial charge on any atom is -0.356 e. The van der Waals surface area contributed by atoms with Crippen molar-refractivity contribution >= 4 is 17.5 Å². The maximum absolute atomic E-state index is 11.3. The molecule has 1 unspecified atom stereocenters. The van der Waals surface area contributed by atoms with E-state index in [1.165, 1.54) is 0 Å². The molecule has 13 heavy (non-hydrogen) atoms. The first-order chi connectivity index (χ1) is 6.27. The van der Waals surface area contributed by atoms with Gasteiger partial charge in [0.25, 0.3) is 0 Å². The Morgan fingerprint density at radius 2 is 2.38 bits per heavy atom. The van der Waals surface area contributed by atoms with Crippen molar-refractivity contribution in [2.75, 3.05) is 6.54 Å². The number of hydrogen-bond acceptors (Lipinski definition) is 2. The van der Waals surface area contributed by atoms with Crippen molar-refractivity contribution in [3.63, 3.8) is 0 Å². The number of nitrogens with one attached hydrogen (secondary N) is 1. The zero-order chi connectivity index (χ0) is 9.26. The van der Waals surface area contributed by atoms with Crippen LogP contribution < -0.4 is 5.32 Å². The number of amides is 1. The lowest BCUT2D eigenvalue weighted by Crippen LogP contribution is -2.17. The third kappa shape index (κ3) is 1.65. The largest absolute Gasteiger partial charge is 0.356 e. The Morgan fingerprint density at radius 3 is 3.00 bits per heavy atom. The molecule has 1 amide bonds. The summed E-state index contributed by atoms with van der Waals surface area (Å²) < 4.78 is 0. The Bertz CT molecular complexity index is 340. The van der Waals surface area contributed by atoms with E-state index in [1.807, 2.05) is 0 Å². The van der Waals surface area contributed by atoms with Crippen LogP contribution in [-0.2, 0) is 4.79 Å². The minimum atomic E-state index is -0.0637. The average molecular weight is 197 g/mol. The van der Waals surface area contributed by atoms with E-state index in [4.69, 9.17) is 11.6 Å². The van der Waals surface area contributed by atoms with Crippen LogP contribution in [0.3, 0.4) is 0 Å². The molecule has 3 nitrogen and oxygen atoms in total. The van der Waals surface area contributed by atoms with Gasteiger partial charge in [0.2, 0.25) is 5.91 Å². The van der Waals surface area contributed by atoms with Crippen molar-refractivity contribution < 1.29 is 4.79 Å². The molecule has 1 N–H and O–H groups in total. The van der Waals surface area contributed by atoms with Gasteiger partial charge in [-0.15, -0.1) is 0 Å². The van der Waals surface area contributed by atoms with E-state index < -0.39 is 0 Å². The van der Waals surface area contributed by atoms with Crippen LogP contribution in [-0.4, -0.2) is 17.4 Å². The maximum atomic E-state index is 11.3. The first kappa shape index (κ1) is 8.51. The van der Waals surface area contributed by atoms with Crippen LogP contribution >= 0.6 is 11.6 Å². The molecular formula is C9H9ClN2O. The van der Waals surface area contributed by atoms with E-state index in [-0.39, 0.29) is 11.8 Å². The number of hydrogen-bond donors (Lipinski definition) is 1. The minimum absolute atomic E-state index is 0.0637. The molecule has 1 aromatic rings. The van der Waals surface area contributed by atoms with Crippen LogP contribution in [0.4, 0.5) is 0 Å². The molecule has 2 heterocycles. The van der Waals surface area contributed by atoms with E-state index in [2.05, 4.69) is 10.3 Å². The summed E-state index contributed by atoms with van der Waals surface area (Å²) in [5, 5.41) is 3.36. The van der Waals surface area contributed by atoms with Crippen molar-refractivity contribution in [1.29, 1.82) is 0 Å². The fourth-order valence-electron chi connectivity index (χ4n) is 1.53. The third-order valence-corrected chi connectivity index (χ3v) is 2.38. The lowest BCUT2D eigenvalue weighted by Gasteiger charge is -2.05. The summed E-state index contributed by atoms with van der Waals surface area (Å²) in [4.78, 5) is 15.3. The van der Waals surface area contributed by atoms with E-state index in [0.29, 0.717) is 5.02 Å². The molecule has 0 aromatic carbocycles. The number of carbonyl (C=O) groups is 1. The number of halogens is 1. The van der Waals surface area contributed by atoms with Crippen LogP contribution in [0.25, 0.3) is 0 Å². The molecule has 1 aromatic heterocycles. The van der Waals surface area contributed by atoms with Gasteiger partial charge in [-0.3, -0.25) is 9.78 Å². The molecule has 0 bridgehead atoms. The van der Waals surface area contributed by atoms with Gasteiger partial charge in [0.1, 0.15) is 0 Å². The quantitative estimate of drug-likeness (QED) is 0.737. The normalized spacial score (nSPS) is 21.6. The van der Waals surface area contributed by atoms with Gasteiger partial charge in [-0.25, -0.2) is 0 Å². The van der Waals surface area contributed by atoms with Crippen molar-refractivity contribution in [1.82, 2.24) is 10.3 Å². The smallest absolute Gasteiger partial charge is 0.227 e. The van der Waals surface area contributed by atoms with Gasteiger partial charge in [-0.2, -0.15) is 0 Å². The lowest BCUT2D eigenvalue weighted by molar-refractivity contribution is -0.120. The Balaban J connectivity index is 2.29. The second kappa shape index (κ2) is 3.34. The summed E-state index contributed by atoms with van der Waals surface area (Å²) in [6, 6.07) is 1.80. The first-order valence-electron chi connectivity index (χ1n) is 4.15. The molecular weight excluding hydrogens is 188 g/mol. The fraction of sp³-hybridized carbons (Fsp3) is 0.333. The number of pyridine rings is 1. The van der Waals surface area contributed by atoms with Gasteiger partial charge in [0, 0.05) is 18.9 Å². The molecule has 1 fully saturated rings. The highest BCUT2D eigenvalue weighted by Gasteiger charge is 2.25. The summed E-state index contributed by atoms with van der Waals surface area (Å²) in [5.74, 6) is 0.00951. The van der Waals surface area contributed by atoms with E-state index in [1.54, 1.807) is 18.5 Å². The molecule has 1 aliphatic rings. The van der Waals surface area contributed by atoms with Crippen LogP contribution in [0.2, 0.25) is 5.02 Å². The van der Waals surface area contributed by atoms with Crippen molar-refractivity contribution in [2.45, 2.75) is 12.3 Å². The van der Waals surface area contributed by atoms with Crippen LogP contribution in [0, 0.1) is 0 Å². The highest BCUT2D eigenvalue weighted by Crippen LogP contribution is 2.24. The Hall–Kier alpha value is -1.09. The van der Waals surface area contributed by atoms with Crippen molar-refractivity contribution in [3.05, 3.63) is 29.0 Å². The lowest BCUT2D eigenvalue weighted by atomic mass is 10.00. The van der Waals surface area contributed by atoms with E-state index >= 15 is 0 Å². The van der Waals surface area contributed by atoms with Gasteiger partial charge in [-0.05, 0) is 18.1 Å². The van der Waals surface area contributed by atoms with Crippen molar-refractivity contribution in [3.8, 4) is 0 Å². The average Bonchev–Trinajstić information content (AvgIpc) is 2.51. The van der Waals surface area contributed by atoms with Crippen LogP contribution in [0.15, 0.2) is 18.5 Å². The highest BCUT2D eigenvalue weighted by molar-refractivity contribution is 6.30. The third-order valence-electron chi connectivity index (χ3n) is 2.18. The van der Waals surface area contributed by atoms with Crippen LogP contribution in [0.1, 0.15) is 17.9 Å². The van der Waals surface area contributed by atoms with Gasteiger partial charge in [0.15, 0.2) is 0 Å². The number of rotatable bonds is 1. The predicted octanol–water partition coefficient (Wildman–Crippen LogP) is 1.34. The summed E-state index contributed by atoms with van der Waals surface area (Å²) in [5.41, 5.74) is 0.905. The Labute approximate surface area is 81.1 Å². The second-order valence-corrected chi connectivity index (χ2v) is 3.51. The molecule has 0 radical (unpaired) electrons. The first-order valence-corrected chi connectivity index (χ1v) is 4.53. The Kier molecular flexibility index (Phi) is 2.19. The van der Waals surface area contributed by atoms with Gasteiger partial charge in [0.05, 0.1) is 10.9 Å². The van der Waals surface area contributed by atoms with E-state index in [9.17, 15) is 4.79 Å². The molecule has 2 rings (SSSR count). The standard InChI is InChI=1S/C9H9ClN2O/c10-7-3-6(4-11-5-7)8-1-2-12-9(8)13/h3-5,8H,1-2H2,(H,12,13). The summed E-state index contributed by atoms with van der Waals surface area (Å²) in [6.07, 6.45) is 4.10. The molecule has 1 aliphatic heterocycles. The molecule has 4 heteroatoms. The second-order valence-electron chi connectivity index (χ2n) is 3.07. The molecule has 68 valence electrons. The van der Waals surface area contributed by atoms with Crippen LogP contribution in [0.5, 0.6) is 0 Å². The number of nitrogens with zero attached hydrogens (tertiary/aromatic N) is 1. The predicted molar refractivity (Wildman–Crippen MR) is 49.6 cm³/mol. The Morgan fingerprint density at radius 1 is 1.54 bits per heavy atom. The molecule has 0 aliphatic carbocycles. The zero-order valence-electron chi connectivity index (χ0n) is 6.96. The highest BCUT2D eigenvalue weighted by atomic mass is 35.5. The van der Waals surface area contributed by atoms with Gasteiger partial charge in [-0.1, -0.05) is 11.6 Å². The maximum Gasteiger partial charge on any atom is 0.227 e. The SMILES string of the molecule is O=C1NCCC1c1cncc(Cl)c1. The zero-order valence-corrected chi connectivity index (χ0v) is 7.71. The van der Waals surface area contributed by atoms with Gasteiger partial charge < -0.3 is 5.32 Å². The molecule has 1 saturated heterocycles. The monoisotopic (exact) mass is 196 g/mol. The summed E-state index contributed by atoms with van der Waals surface area (Å²) in [7, 11) is 0. The topological polar surface area (TPSA) is 42.0 Å². The summed E-state index contributed by atoms with van der Waals surface area (Å²) >= 11 is 5.78. The fourth-order valence-corrected chi connectivity index (χ4v) is 1.71. The molecule has 0 spiro atoms.